The monoisotopic (exact) mass is 182 g/mol. The first-order valence-electron chi connectivity index (χ1n) is 4.60. The minimum absolute atomic E-state index is 0.402. The van der Waals surface area contributed by atoms with Crippen LogP contribution >= 0.6 is 0 Å². The van der Waals surface area contributed by atoms with Crippen LogP contribution in [0.15, 0.2) is 0 Å². The molecule has 13 heavy (non-hydrogen) atoms. The van der Waals surface area contributed by atoms with Crippen LogP contribution in [0, 0.1) is 0 Å². The average Bonchev–Trinajstić information content (AvgIpc) is 2.72. The van der Waals surface area contributed by atoms with Crippen LogP contribution in [-0.2, 0) is 6.54 Å². The second-order valence-corrected chi connectivity index (χ2v) is 3.31. The van der Waals surface area contributed by atoms with Gasteiger partial charge >= 0.3 is 0 Å². The molecular formula is C7H14N6. The number of nitrogens with two attached hydrogens (primary N) is 1. The Hall–Kier alpha value is -1.17. The minimum atomic E-state index is 0.402. The van der Waals surface area contributed by atoms with Gasteiger partial charge in [0.15, 0.2) is 0 Å². The van der Waals surface area contributed by atoms with Crippen LogP contribution in [0.3, 0.4) is 0 Å². The van der Waals surface area contributed by atoms with Gasteiger partial charge < -0.3 is 10.6 Å². The topological polar surface area (TPSA) is 72.9 Å². The summed E-state index contributed by atoms with van der Waals surface area (Å²) in [5.74, 6) is 0.402. The molecule has 0 unspecified atom stereocenters. The Kier molecular flexibility index (Phi) is 2.40. The van der Waals surface area contributed by atoms with Crippen molar-refractivity contribution in [1.82, 2.24) is 25.1 Å². The zero-order valence-corrected chi connectivity index (χ0v) is 7.56. The largest absolute Gasteiger partial charge is 0.367 e. The van der Waals surface area contributed by atoms with Crippen molar-refractivity contribution >= 4 is 5.95 Å². The van der Waals surface area contributed by atoms with E-state index in [1.165, 1.54) is 25.9 Å². The van der Waals surface area contributed by atoms with Crippen molar-refractivity contribution in [1.29, 1.82) is 0 Å². The fourth-order valence-electron chi connectivity index (χ4n) is 1.61. The molecule has 0 radical (unpaired) electrons. The predicted octanol–water partition coefficient (Wildman–Crippen LogP) is -0.649. The summed E-state index contributed by atoms with van der Waals surface area (Å²) in [5.41, 5.74) is 5.53. The van der Waals surface area contributed by atoms with Crippen molar-refractivity contribution in [3.8, 4) is 0 Å². The molecule has 0 aliphatic carbocycles. The van der Waals surface area contributed by atoms with Gasteiger partial charge in [0.1, 0.15) is 0 Å². The van der Waals surface area contributed by atoms with E-state index >= 15 is 0 Å². The number of rotatable bonds is 3. The van der Waals surface area contributed by atoms with Gasteiger partial charge in [0.25, 0.3) is 0 Å². The second-order valence-electron chi connectivity index (χ2n) is 3.31. The first kappa shape index (κ1) is 8.43. The normalized spacial score (nSPS) is 18.2. The molecule has 0 aromatic carbocycles. The number of tetrazole rings is 1. The fourth-order valence-corrected chi connectivity index (χ4v) is 1.61. The highest BCUT2D eigenvalue weighted by molar-refractivity contribution is 5.09. The molecule has 1 aromatic heterocycles. The fraction of sp³-hybridized carbons (Fsp3) is 0.857. The SMILES string of the molecule is Nc1nnnn1CCN1CCCC1. The Morgan fingerprint density at radius 3 is 2.62 bits per heavy atom. The highest BCUT2D eigenvalue weighted by atomic mass is 15.6. The van der Waals surface area contributed by atoms with Crippen molar-refractivity contribution in [2.24, 2.45) is 0 Å². The molecule has 0 atom stereocenters. The van der Waals surface area contributed by atoms with Gasteiger partial charge in [-0.2, -0.15) is 0 Å². The van der Waals surface area contributed by atoms with Crippen LogP contribution in [0.25, 0.3) is 0 Å². The highest BCUT2D eigenvalue weighted by Gasteiger charge is 2.11. The van der Waals surface area contributed by atoms with Gasteiger partial charge in [-0.3, -0.25) is 0 Å². The van der Waals surface area contributed by atoms with Crippen molar-refractivity contribution in [3.05, 3.63) is 0 Å². The van der Waals surface area contributed by atoms with Gasteiger partial charge in [0.2, 0.25) is 5.95 Å². The smallest absolute Gasteiger partial charge is 0.240 e. The van der Waals surface area contributed by atoms with Crippen molar-refractivity contribution in [2.75, 3.05) is 25.4 Å². The third-order valence-corrected chi connectivity index (χ3v) is 2.39. The Bertz CT molecular complexity index is 264. The Balaban J connectivity index is 1.82. The van der Waals surface area contributed by atoms with E-state index < -0.39 is 0 Å². The van der Waals surface area contributed by atoms with Crippen molar-refractivity contribution in [2.45, 2.75) is 19.4 Å². The Morgan fingerprint density at radius 2 is 2.00 bits per heavy atom. The lowest BCUT2D eigenvalue weighted by Crippen LogP contribution is -2.25. The zero-order valence-electron chi connectivity index (χ0n) is 7.56. The second kappa shape index (κ2) is 3.69. The lowest BCUT2D eigenvalue weighted by molar-refractivity contribution is 0.315. The molecule has 1 aliphatic heterocycles. The molecule has 2 N–H and O–H groups in total. The van der Waals surface area contributed by atoms with E-state index in [-0.39, 0.29) is 0 Å². The standard InChI is InChI=1S/C7H14N6/c8-7-9-10-11-13(7)6-5-12-3-1-2-4-12/h1-6H2,(H2,8,9,11). The molecular weight excluding hydrogens is 168 g/mol. The molecule has 2 rings (SSSR count). The number of nitrogens with zero attached hydrogens (tertiary/aromatic N) is 5. The van der Waals surface area contributed by atoms with Crippen LogP contribution < -0.4 is 5.73 Å². The summed E-state index contributed by atoms with van der Waals surface area (Å²) in [6.45, 7) is 4.18. The first-order chi connectivity index (χ1) is 6.36. The molecule has 1 fully saturated rings. The number of anilines is 1. The van der Waals surface area contributed by atoms with E-state index in [4.69, 9.17) is 5.73 Å². The van der Waals surface area contributed by atoms with E-state index in [1.54, 1.807) is 4.68 Å². The van der Waals surface area contributed by atoms with Crippen LogP contribution in [0.5, 0.6) is 0 Å². The lowest BCUT2D eigenvalue weighted by Gasteiger charge is -2.13. The van der Waals surface area contributed by atoms with Crippen LogP contribution in [0.4, 0.5) is 5.95 Å². The Labute approximate surface area is 76.7 Å². The average molecular weight is 182 g/mol. The van der Waals surface area contributed by atoms with Crippen LogP contribution in [0.2, 0.25) is 0 Å². The molecule has 2 heterocycles. The van der Waals surface area contributed by atoms with Gasteiger partial charge in [-0.25, -0.2) is 4.68 Å². The molecule has 6 heteroatoms. The maximum atomic E-state index is 5.53. The quantitative estimate of drug-likeness (QED) is 0.672. The summed E-state index contributed by atoms with van der Waals surface area (Å²) < 4.78 is 1.64. The summed E-state index contributed by atoms with van der Waals surface area (Å²) in [4.78, 5) is 2.40. The molecule has 6 nitrogen and oxygen atoms in total. The highest BCUT2D eigenvalue weighted by Crippen LogP contribution is 2.06. The Morgan fingerprint density at radius 1 is 1.23 bits per heavy atom. The number of likely N-dealkylation sites (tertiary alicyclic amines) is 1. The minimum Gasteiger partial charge on any atom is -0.367 e. The summed E-state index contributed by atoms with van der Waals surface area (Å²) in [5, 5.41) is 10.9. The molecule has 1 saturated heterocycles. The summed E-state index contributed by atoms with van der Waals surface area (Å²) in [6, 6.07) is 0. The molecule has 0 spiro atoms. The van der Waals surface area contributed by atoms with E-state index in [0.717, 1.165) is 13.1 Å². The number of nitrogen functional groups attached to an aromatic ring is 1. The van der Waals surface area contributed by atoms with Gasteiger partial charge in [0.05, 0.1) is 6.54 Å². The molecule has 0 amide bonds. The zero-order chi connectivity index (χ0) is 9.10. The third kappa shape index (κ3) is 1.95. The predicted molar refractivity (Wildman–Crippen MR) is 47.9 cm³/mol. The van der Waals surface area contributed by atoms with E-state index in [0.29, 0.717) is 5.95 Å². The molecule has 0 bridgehead atoms. The molecule has 1 aromatic rings. The summed E-state index contributed by atoms with van der Waals surface area (Å²) in [6.07, 6.45) is 2.62. The number of hydrogen-bond acceptors (Lipinski definition) is 5. The third-order valence-electron chi connectivity index (χ3n) is 2.39. The van der Waals surface area contributed by atoms with Gasteiger partial charge in [0, 0.05) is 6.54 Å². The molecule has 1 aliphatic rings. The number of aromatic nitrogens is 4. The maximum absolute atomic E-state index is 5.53. The van der Waals surface area contributed by atoms with Gasteiger partial charge in [-0.05, 0) is 36.4 Å². The van der Waals surface area contributed by atoms with Crippen LogP contribution in [0.1, 0.15) is 12.8 Å². The summed E-state index contributed by atoms with van der Waals surface area (Å²) in [7, 11) is 0. The van der Waals surface area contributed by atoms with Crippen LogP contribution in [-0.4, -0.2) is 44.7 Å². The van der Waals surface area contributed by atoms with Crippen molar-refractivity contribution in [3.63, 3.8) is 0 Å². The van der Waals surface area contributed by atoms with E-state index in [2.05, 4.69) is 20.4 Å². The van der Waals surface area contributed by atoms with Gasteiger partial charge in [-0.1, -0.05) is 5.10 Å². The first-order valence-corrected chi connectivity index (χ1v) is 4.60. The van der Waals surface area contributed by atoms with E-state index in [9.17, 15) is 0 Å². The molecule has 72 valence electrons. The number of hydrogen-bond donors (Lipinski definition) is 1. The van der Waals surface area contributed by atoms with Gasteiger partial charge in [-0.15, -0.1) is 0 Å². The van der Waals surface area contributed by atoms with E-state index in [1.807, 2.05) is 0 Å². The van der Waals surface area contributed by atoms with Crippen molar-refractivity contribution < 1.29 is 0 Å². The lowest BCUT2D eigenvalue weighted by atomic mass is 10.4. The summed E-state index contributed by atoms with van der Waals surface area (Å²) >= 11 is 0. The molecule has 0 saturated carbocycles. The maximum Gasteiger partial charge on any atom is 0.240 e.